The minimum absolute atomic E-state index is 0.0357. The van der Waals surface area contributed by atoms with Gasteiger partial charge in [0.1, 0.15) is 17.3 Å². The fourth-order valence-electron chi connectivity index (χ4n) is 3.91. The molecule has 1 aromatic heterocycles. The molecule has 27 heavy (non-hydrogen) atoms. The minimum atomic E-state index is -0.329. The van der Waals surface area contributed by atoms with Gasteiger partial charge in [0.25, 0.3) is 5.91 Å². The first-order chi connectivity index (χ1) is 13.2. The monoisotopic (exact) mass is 372 g/mol. The van der Waals surface area contributed by atoms with Crippen LogP contribution in [0.3, 0.4) is 0 Å². The summed E-state index contributed by atoms with van der Waals surface area (Å²) in [6.07, 6.45) is 9.30. The lowest BCUT2D eigenvalue weighted by molar-refractivity contribution is -0.115. The smallest absolute Gasteiger partial charge is 0.270 e. The summed E-state index contributed by atoms with van der Waals surface area (Å²) in [6, 6.07) is 4.30. The van der Waals surface area contributed by atoms with Crippen molar-refractivity contribution in [2.75, 3.05) is 30.8 Å². The third-order valence-electron chi connectivity index (χ3n) is 5.51. The Balaban J connectivity index is 1.65. The Bertz CT molecular complexity index is 648. The first-order valence-corrected chi connectivity index (χ1v) is 10.2. The highest BCUT2D eigenvalue weighted by Crippen LogP contribution is 2.22. The van der Waals surface area contributed by atoms with Gasteiger partial charge in [-0.05, 0) is 50.9 Å². The molecule has 0 spiro atoms. The van der Waals surface area contributed by atoms with Crippen LogP contribution in [0.25, 0.3) is 0 Å². The van der Waals surface area contributed by atoms with Gasteiger partial charge in [0.05, 0.1) is 0 Å². The highest BCUT2D eigenvalue weighted by atomic mass is 16.1. The largest absolute Gasteiger partial charge is 0.373 e. The topological polar surface area (TPSA) is 102 Å². The summed E-state index contributed by atoms with van der Waals surface area (Å²) < 4.78 is 0. The number of carbonyl (C=O) groups is 1. The molecule has 148 valence electrons. The van der Waals surface area contributed by atoms with Crippen LogP contribution in [0.1, 0.15) is 56.9 Å². The Hall–Kier alpha value is -2.15. The molecule has 3 rings (SSSR count). The molecule has 1 aliphatic heterocycles. The van der Waals surface area contributed by atoms with Crippen molar-refractivity contribution in [2.24, 2.45) is 0 Å². The molecule has 5 N–H and O–H groups in total. The summed E-state index contributed by atoms with van der Waals surface area (Å²) >= 11 is 0. The van der Waals surface area contributed by atoms with Crippen LogP contribution < -0.4 is 21.3 Å². The van der Waals surface area contributed by atoms with E-state index >= 15 is 0 Å². The Morgan fingerprint density at radius 2 is 1.78 bits per heavy atom. The standard InChI is InChI=1S/C20H32N6O/c1-22-19-16(18(21)20(27)25-15-10-12-23-13-11-15)8-9-17(26-19)24-14-6-4-2-3-5-7-14/h8-9,14-15,21,23H,2-7,10-13H2,1H3,(H,25,27)(H2,22,24,26). The molecule has 1 aromatic rings. The summed E-state index contributed by atoms with van der Waals surface area (Å²) in [7, 11) is 1.78. The molecular weight excluding hydrogens is 340 g/mol. The van der Waals surface area contributed by atoms with Gasteiger partial charge < -0.3 is 21.3 Å². The average Bonchev–Trinajstić information content (AvgIpc) is 2.96. The van der Waals surface area contributed by atoms with Gasteiger partial charge in [0.15, 0.2) is 0 Å². The van der Waals surface area contributed by atoms with Crippen molar-refractivity contribution in [2.45, 2.75) is 63.5 Å². The maximum atomic E-state index is 12.5. The maximum Gasteiger partial charge on any atom is 0.270 e. The van der Waals surface area contributed by atoms with Gasteiger partial charge in [0, 0.05) is 24.7 Å². The molecule has 1 amide bonds. The molecule has 0 unspecified atom stereocenters. The molecule has 0 aromatic carbocycles. The lowest BCUT2D eigenvalue weighted by Gasteiger charge is -2.24. The van der Waals surface area contributed by atoms with Crippen LogP contribution in [-0.2, 0) is 4.79 Å². The first kappa shape index (κ1) is 19.6. The molecule has 0 bridgehead atoms. The molecule has 1 saturated heterocycles. The number of rotatable bonds is 6. The molecular formula is C20H32N6O. The van der Waals surface area contributed by atoms with E-state index in [2.05, 4.69) is 26.3 Å². The molecule has 1 aliphatic carbocycles. The zero-order valence-corrected chi connectivity index (χ0v) is 16.2. The van der Waals surface area contributed by atoms with Gasteiger partial charge in [-0.3, -0.25) is 10.2 Å². The van der Waals surface area contributed by atoms with Gasteiger partial charge in [-0.2, -0.15) is 0 Å². The SMILES string of the molecule is CNc1nc(NC2CCCCCC2)ccc1C(=N)C(=O)NC1CCNCC1. The van der Waals surface area contributed by atoms with Crippen LogP contribution in [0.4, 0.5) is 11.6 Å². The lowest BCUT2D eigenvalue weighted by atomic mass is 10.1. The Labute approximate surface area is 161 Å². The van der Waals surface area contributed by atoms with E-state index in [1.807, 2.05) is 12.1 Å². The fourth-order valence-corrected chi connectivity index (χ4v) is 3.91. The third-order valence-corrected chi connectivity index (χ3v) is 5.51. The number of piperidine rings is 1. The van der Waals surface area contributed by atoms with E-state index in [0.29, 0.717) is 17.4 Å². The molecule has 7 heteroatoms. The number of carbonyl (C=O) groups excluding carboxylic acids is 1. The lowest BCUT2D eigenvalue weighted by Crippen LogP contribution is -2.45. The van der Waals surface area contributed by atoms with Crippen molar-refractivity contribution in [3.05, 3.63) is 17.7 Å². The number of pyridine rings is 1. The van der Waals surface area contributed by atoms with Crippen LogP contribution in [-0.4, -0.2) is 48.8 Å². The number of aromatic nitrogens is 1. The second kappa shape index (κ2) is 9.69. The van der Waals surface area contributed by atoms with Crippen LogP contribution in [0.15, 0.2) is 12.1 Å². The fraction of sp³-hybridized carbons (Fsp3) is 0.650. The van der Waals surface area contributed by atoms with Crippen molar-refractivity contribution >= 4 is 23.3 Å². The van der Waals surface area contributed by atoms with Gasteiger partial charge in [-0.15, -0.1) is 0 Å². The number of hydrogen-bond donors (Lipinski definition) is 5. The van der Waals surface area contributed by atoms with Crippen molar-refractivity contribution in [3.8, 4) is 0 Å². The predicted molar refractivity (Wildman–Crippen MR) is 110 cm³/mol. The Kier molecular flexibility index (Phi) is 7.04. The molecule has 0 radical (unpaired) electrons. The minimum Gasteiger partial charge on any atom is -0.373 e. The number of nitrogens with one attached hydrogen (secondary N) is 5. The second-order valence-corrected chi connectivity index (χ2v) is 7.55. The molecule has 2 aliphatic rings. The molecule has 2 fully saturated rings. The molecule has 0 atom stereocenters. The summed E-state index contributed by atoms with van der Waals surface area (Å²) in [5, 5.41) is 21.2. The van der Waals surface area contributed by atoms with Gasteiger partial charge in [-0.25, -0.2) is 4.98 Å². The van der Waals surface area contributed by atoms with Gasteiger partial charge >= 0.3 is 0 Å². The summed E-state index contributed by atoms with van der Waals surface area (Å²) in [4.78, 5) is 17.1. The Morgan fingerprint density at radius 3 is 2.44 bits per heavy atom. The van der Waals surface area contributed by atoms with E-state index in [4.69, 9.17) is 5.41 Å². The Morgan fingerprint density at radius 1 is 1.07 bits per heavy atom. The molecule has 1 saturated carbocycles. The van der Waals surface area contributed by atoms with E-state index in [-0.39, 0.29) is 17.7 Å². The van der Waals surface area contributed by atoms with Crippen molar-refractivity contribution in [1.82, 2.24) is 15.6 Å². The van der Waals surface area contributed by atoms with Crippen molar-refractivity contribution in [1.29, 1.82) is 5.41 Å². The predicted octanol–water partition coefficient (Wildman–Crippen LogP) is 2.49. The van der Waals surface area contributed by atoms with Crippen LogP contribution in [0.5, 0.6) is 0 Å². The highest BCUT2D eigenvalue weighted by Gasteiger charge is 2.21. The van der Waals surface area contributed by atoms with E-state index in [9.17, 15) is 4.79 Å². The quantitative estimate of drug-likeness (QED) is 0.390. The zero-order chi connectivity index (χ0) is 19.1. The number of anilines is 2. The van der Waals surface area contributed by atoms with Crippen molar-refractivity contribution < 1.29 is 4.79 Å². The number of nitrogens with zero attached hydrogens (tertiary/aromatic N) is 1. The first-order valence-electron chi connectivity index (χ1n) is 10.2. The zero-order valence-electron chi connectivity index (χ0n) is 16.2. The average molecular weight is 373 g/mol. The van der Waals surface area contributed by atoms with Crippen LogP contribution in [0, 0.1) is 5.41 Å². The highest BCUT2D eigenvalue weighted by molar-refractivity contribution is 6.45. The maximum absolute atomic E-state index is 12.5. The van der Waals surface area contributed by atoms with Crippen molar-refractivity contribution in [3.63, 3.8) is 0 Å². The summed E-state index contributed by atoms with van der Waals surface area (Å²) in [6.45, 7) is 1.81. The van der Waals surface area contributed by atoms with Gasteiger partial charge in [-0.1, -0.05) is 25.7 Å². The summed E-state index contributed by atoms with van der Waals surface area (Å²) in [5.41, 5.74) is 0.502. The van der Waals surface area contributed by atoms with E-state index < -0.39 is 0 Å². The number of hydrogen-bond acceptors (Lipinski definition) is 6. The molecule has 7 nitrogen and oxygen atoms in total. The van der Waals surface area contributed by atoms with Crippen LogP contribution in [0.2, 0.25) is 0 Å². The summed E-state index contributed by atoms with van der Waals surface area (Å²) in [5.74, 6) is 1.05. The number of amides is 1. The third kappa shape index (κ3) is 5.42. The van der Waals surface area contributed by atoms with Crippen LogP contribution >= 0.6 is 0 Å². The second-order valence-electron chi connectivity index (χ2n) is 7.55. The van der Waals surface area contributed by atoms with E-state index in [1.54, 1.807) is 7.05 Å². The molecule has 2 heterocycles. The van der Waals surface area contributed by atoms with Gasteiger partial charge in [0.2, 0.25) is 0 Å². The van der Waals surface area contributed by atoms with E-state index in [0.717, 1.165) is 31.7 Å². The van der Waals surface area contributed by atoms with E-state index in [1.165, 1.54) is 38.5 Å². The normalized spacial score (nSPS) is 19.1.